The molecule has 0 spiro atoms. The van der Waals surface area contributed by atoms with Crippen molar-refractivity contribution >= 4 is 23.1 Å². The van der Waals surface area contributed by atoms with E-state index in [9.17, 15) is 9.90 Å². The van der Waals surface area contributed by atoms with Crippen LogP contribution < -0.4 is 5.73 Å². The molecule has 1 atom stereocenters. The Bertz CT molecular complexity index is 338. The van der Waals surface area contributed by atoms with Gasteiger partial charge in [-0.15, -0.1) is 0 Å². The van der Waals surface area contributed by atoms with Crippen molar-refractivity contribution in [1.29, 1.82) is 0 Å². The fourth-order valence-corrected chi connectivity index (χ4v) is 3.42. The highest BCUT2D eigenvalue weighted by Crippen LogP contribution is 2.38. The van der Waals surface area contributed by atoms with Crippen LogP contribution in [0.5, 0.6) is 0 Å². The van der Waals surface area contributed by atoms with Crippen molar-refractivity contribution in [2.45, 2.75) is 51.0 Å². The van der Waals surface area contributed by atoms with E-state index in [0.29, 0.717) is 24.5 Å². The second kappa shape index (κ2) is 5.53. The Hall–Kier alpha value is -0.680. The lowest BCUT2D eigenvalue weighted by atomic mass is 9.79. The molecular formula is C13H22N2O2S. The predicted octanol–water partition coefficient (Wildman–Crippen LogP) is 1.21. The molecule has 18 heavy (non-hydrogen) atoms. The van der Waals surface area contributed by atoms with Gasteiger partial charge in [-0.3, -0.25) is 4.79 Å². The van der Waals surface area contributed by atoms with Gasteiger partial charge in [-0.2, -0.15) is 0 Å². The van der Waals surface area contributed by atoms with Crippen LogP contribution in [0.25, 0.3) is 0 Å². The third-order valence-electron chi connectivity index (χ3n) is 4.29. The maximum Gasteiger partial charge on any atom is 0.235 e. The summed E-state index contributed by atoms with van der Waals surface area (Å²) in [6, 6.07) is 0. The summed E-state index contributed by atoms with van der Waals surface area (Å²) in [6.45, 7) is 1.06. The number of aliphatic hydroxyl groups excluding tert-OH is 1. The third kappa shape index (κ3) is 2.52. The predicted molar refractivity (Wildman–Crippen MR) is 74.1 cm³/mol. The molecule has 2 rings (SSSR count). The number of nitrogens with two attached hydrogens (primary N) is 1. The maximum atomic E-state index is 12.7. The zero-order valence-electron chi connectivity index (χ0n) is 10.7. The number of aliphatic hydroxyl groups is 1. The van der Waals surface area contributed by atoms with Crippen molar-refractivity contribution in [3.63, 3.8) is 0 Å². The Morgan fingerprint density at radius 1 is 1.28 bits per heavy atom. The summed E-state index contributed by atoms with van der Waals surface area (Å²) in [5, 5.41) is 9.57. The van der Waals surface area contributed by atoms with E-state index in [1.165, 1.54) is 0 Å². The number of carbonyl (C=O) groups excluding carboxylic acids is 1. The van der Waals surface area contributed by atoms with Gasteiger partial charge in [0.15, 0.2) is 0 Å². The molecule has 0 aromatic heterocycles. The fourth-order valence-electron chi connectivity index (χ4n) is 3.13. The summed E-state index contributed by atoms with van der Waals surface area (Å²) in [7, 11) is 0. The molecule has 1 aliphatic heterocycles. The number of hydrogen-bond donors (Lipinski definition) is 2. The van der Waals surface area contributed by atoms with E-state index in [4.69, 9.17) is 18.0 Å². The van der Waals surface area contributed by atoms with Crippen LogP contribution in [0.1, 0.15) is 44.9 Å². The maximum absolute atomic E-state index is 12.7. The fraction of sp³-hybridized carbons (Fsp3) is 0.846. The standard InChI is InChI=1S/C13H22N2O2S/c14-11(18)13(6-3-1-2-4-7-13)12(17)15-8-5-10(16)9-15/h10,16H,1-9H2,(H2,14,18). The van der Waals surface area contributed by atoms with Crippen LogP contribution in [0.2, 0.25) is 0 Å². The van der Waals surface area contributed by atoms with Crippen molar-refractivity contribution in [3.8, 4) is 0 Å². The summed E-state index contributed by atoms with van der Waals surface area (Å²) in [5.74, 6) is 0.0495. The highest BCUT2D eigenvalue weighted by molar-refractivity contribution is 7.80. The molecule has 5 heteroatoms. The zero-order valence-corrected chi connectivity index (χ0v) is 11.5. The van der Waals surface area contributed by atoms with Crippen molar-refractivity contribution in [2.24, 2.45) is 11.1 Å². The second-order valence-corrected chi connectivity index (χ2v) is 5.99. The molecule has 1 unspecified atom stereocenters. The molecule has 1 amide bonds. The van der Waals surface area contributed by atoms with E-state index >= 15 is 0 Å². The van der Waals surface area contributed by atoms with E-state index in [1.54, 1.807) is 4.90 Å². The van der Waals surface area contributed by atoms with Gasteiger partial charge in [0.1, 0.15) is 0 Å². The van der Waals surface area contributed by atoms with Crippen molar-refractivity contribution in [3.05, 3.63) is 0 Å². The van der Waals surface area contributed by atoms with Crippen molar-refractivity contribution in [1.82, 2.24) is 4.90 Å². The van der Waals surface area contributed by atoms with Crippen LogP contribution in [0.3, 0.4) is 0 Å². The summed E-state index contributed by atoms with van der Waals surface area (Å²) in [5.41, 5.74) is 5.25. The van der Waals surface area contributed by atoms with E-state index in [-0.39, 0.29) is 12.0 Å². The second-order valence-electron chi connectivity index (χ2n) is 5.55. The van der Waals surface area contributed by atoms with E-state index < -0.39 is 5.41 Å². The smallest absolute Gasteiger partial charge is 0.235 e. The Kier molecular flexibility index (Phi) is 4.22. The third-order valence-corrected chi connectivity index (χ3v) is 4.68. The van der Waals surface area contributed by atoms with Gasteiger partial charge in [0.25, 0.3) is 0 Å². The average molecular weight is 270 g/mol. The molecule has 102 valence electrons. The van der Waals surface area contributed by atoms with Gasteiger partial charge >= 0.3 is 0 Å². The molecule has 1 saturated heterocycles. The molecule has 2 fully saturated rings. The molecule has 0 aromatic rings. The summed E-state index contributed by atoms with van der Waals surface area (Å²) < 4.78 is 0. The van der Waals surface area contributed by atoms with Gasteiger partial charge < -0.3 is 15.7 Å². The topological polar surface area (TPSA) is 66.6 Å². The minimum Gasteiger partial charge on any atom is -0.392 e. The average Bonchev–Trinajstić information content (AvgIpc) is 2.63. The van der Waals surface area contributed by atoms with Gasteiger partial charge in [0.05, 0.1) is 16.5 Å². The molecule has 0 radical (unpaired) electrons. The quantitative estimate of drug-likeness (QED) is 0.584. The van der Waals surface area contributed by atoms with Crippen LogP contribution in [-0.4, -0.2) is 40.1 Å². The molecular weight excluding hydrogens is 248 g/mol. The van der Waals surface area contributed by atoms with Gasteiger partial charge in [-0.25, -0.2) is 0 Å². The van der Waals surface area contributed by atoms with E-state index in [2.05, 4.69) is 0 Å². The number of rotatable bonds is 2. The molecule has 1 aliphatic carbocycles. The minimum atomic E-state index is -0.643. The summed E-state index contributed by atoms with van der Waals surface area (Å²) in [4.78, 5) is 14.8. The number of hydrogen-bond acceptors (Lipinski definition) is 3. The minimum absolute atomic E-state index is 0.0495. The lowest BCUT2D eigenvalue weighted by Crippen LogP contribution is -2.50. The van der Waals surface area contributed by atoms with Crippen molar-refractivity contribution in [2.75, 3.05) is 13.1 Å². The van der Waals surface area contributed by atoms with Gasteiger partial charge in [0, 0.05) is 13.1 Å². The largest absolute Gasteiger partial charge is 0.392 e. The number of likely N-dealkylation sites (tertiary alicyclic amines) is 1. The van der Waals surface area contributed by atoms with Gasteiger partial charge in [-0.05, 0) is 19.3 Å². The van der Waals surface area contributed by atoms with Crippen LogP contribution in [-0.2, 0) is 4.79 Å². The lowest BCUT2D eigenvalue weighted by Gasteiger charge is -2.34. The van der Waals surface area contributed by atoms with Crippen LogP contribution in [0, 0.1) is 5.41 Å². The highest BCUT2D eigenvalue weighted by atomic mass is 32.1. The number of thiocarbonyl (C=S) groups is 1. The molecule has 4 nitrogen and oxygen atoms in total. The van der Waals surface area contributed by atoms with E-state index in [0.717, 1.165) is 38.5 Å². The summed E-state index contributed by atoms with van der Waals surface area (Å²) >= 11 is 5.20. The number of nitrogens with zero attached hydrogens (tertiary/aromatic N) is 1. The first-order valence-corrected chi connectivity index (χ1v) is 7.24. The SMILES string of the molecule is NC(=S)C1(C(=O)N2CCC(O)C2)CCCCCC1. The Morgan fingerprint density at radius 2 is 1.89 bits per heavy atom. The lowest BCUT2D eigenvalue weighted by molar-refractivity contribution is -0.138. The monoisotopic (exact) mass is 270 g/mol. The van der Waals surface area contributed by atoms with Crippen LogP contribution in [0.15, 0.2) is 0 Å². The Balaban J connectivity index is 2.18. The number of carbonyl (C=O) groups is 1. The first kappa shape index (κ1) is 13.7. The molecule has 3 N–H and O–H groups in total. The first-order valence-electron chi connectivity index (χ1n) is 6.83. The number of amides is 1. The molecule has 1 saturated carbocycles. The van der Waals surface area contributed by atoms with Crippen molar-refractivity contribution < 1.29 is 9.90 Å². The van der Waals surface area contributed by atoms with Crippen LogP contribution in [0.4, 0.5) is 0 Å². The molecule has 0 aromatic carbocycles. The summed E-state index contributed by atoms with van der Waals surface area (Å²) in [6.07, 6.45) is 6.16. The molecule has 2 aliphatic rings. The molecule has 0 bridgehead atoms. The van der Waals surface area contributed by atoms with Gasteiger partial charge in [0.2, 0.25) is 5.91 Å². The van der Waals surface area contributed by atoms with E-state index in [1.807, 2.05) is 0 Å². The Labute approximate surface area is 114 Å². The van der Waals surface area contributed by atoms with Crippen LogP contribution >= 0.6 is 12.2 Å². The molecule has 1 heterocycles. The Morgan fingerprint density at radius 3 is 2.33 bits per heavy atom. The van der Waals surface area contributed by atoms with Gasteiger partial charge in [-0.1, -0.05) is 37.9 Å². The first-order chi connectivity index (χ1) is 8.56. The number of β-amino-alcohol motifs (C(OH)–C–C–N with tert-alkyl or cyclic N) is 1. The normalized spacial score (nSPS) is 27.8. The zero-order chi connectivity index (χ0) is 13.2. The highest BCUT2D eigenvalue weighted by Gasteiger charge is 2.45.